The van der Waals surface area contributed by atoms with Crippen LogP contribution in [0.2, 0.25) is 0 Å². The third-order valence-corrected chi connectivity index (χ3v) is 6.73. The van der Waals surface area contributed by atoms with E-state index in [-0.39, 0.29) is 28.5 Å². The quantitative estimate of drug-likeness (QED) is 0.600. The molecular weight excluding hydrogens is 392 g/mol. The van der Waals surface area contributed by atoms with Crippen molar-refractivity contribution in [3.05, 3.63) is 51.2 Å². The Bertz CT molecular complexity index is 954. The van der Waals surface area contributed by atoms with Gasteiger partial charge in [0.05, 0.1) is 33.3 Å². The van der Waals surface area contributed by atoms with Gasteiger partial charge < -0.3 is 10.1 Å². The van der Waals surface area contributed by atoms with Gasteiger partial charge in [-0.05, 0) is 39.2 Å². The van der Waals surface area contributed by atoms with Crippen LogP contribution in [0, 0.1) is 17.0 Å². The summed E-state index contributed by atoms with van der Waals surface area (Å²) in [5, 5.41) is 18.7. The highest BCUT2D eigenvalue weighted by atomic mass is 32.2. The van der Waals surface area contributed by atoms with Crippen molar-refractivity contribution in [3.63, 3.8) is 0 Å². The molecule has 1 saturated heterocycles. The molecule has 0 aliphatic carbocycles. The molecule has 8 nitrogen and oxygen atoms in total. The molecule has 1 fully saturated rings. The van der Waals surface area contributed by atoms with Gasteiger partial charge in [0.2, 0.25) is 5.91 Å². The fourth-order valence-electron chi connectivity index (χ4n) is 4.12. The molecule has 1 amide bonds. The van der Waals surface area contributed by atoms with Crippen molar-refractivity contribution >= 4 is 29.2 Å². The number of amides is 1. The van der Waals surface area contributed by atoms with Crippen LogP contribution in [0.1, 0.15) is 54.8 Å². The summed E-state index contributed by atoms with van der Waals surface area (Å²) in [5.74, 6) is 0.992. The summed E-state index contributed by atoms with van der Waals surface area (Å²) in [6.45, 7) is 6.75. The van der Waals surface area contributed by atoms with Crippen LogP contribution in [0.3, 0.4) is 0 Å². The zero-order valence-corrected chi connectivity index (χ0v) is 17.5. The smallest absolute Gasteiger partial charge is 0.269 e. The largest absolute Gasteiger partial charge is 0.375 e. The zero-order valence-electron chi connectivity index (χ0n) is 16.7. The van der Waals surface area contributed by atoms with Crippen molar-refractivity contribution in [1.82, 2.24) is 9.78 Å². The van der Waals surface area contributed by atoms with E-state index in [4.69, 9.17) is 9.84 Å². The lowest BCUT2D eigenvalue weighted by Gasteiger charge is -2.36. The van der Waals surface area contributed by atoms with Gasteiger partial charge in [0.25, 0.3) is 5.69 Å². The van der Waals surface area contributed by atoms with E-state index in [0.717, 1.165) is 35.5 Å². The van der Waals surface area contributed by atoms with Crippen molar-refractivity contribution in [2.45, 2.75) is 50.5 Å². The molecular formula is C20H24N4O4S. The average Bonchev–Trinajstić information content (AvgIpc) is 2.87. The highest BCUT2D eigenvalue weighted by Gasteiger charge is 2.36. The minimum Gasteiger partial charge on any atom is -0.375 e. The van der Waals surface area contributed by atoms with Gasteiger partial charge in [0.15, 0.2) is 0 Å². The normalized spacial score (nSPS) is 23.8. The summed E-state index contributed by atoms with van der Waals surface area (Å²) in [7, 11) is 0. The van der Waals surface area contributed by atoms with Gasteiger partial charge in [-0.2, -0.15) is 5.10 Å². The van der Waals surface area contributed by atoms with Crippen molar-refractivity contribution in [2.24, 2.45) is 0 Å². The second-order valence-electron chi connectivity index (χ2n) is 8.13. The number of anilines is 1. The minimum absolute atomic E-state index is 0.0543. The first kappa shape index (κ1) is 19.9. The fraction of sp³-hybridized carbons (Fsp3) is 0.500. The molecule has 0 bridgehead atoms. The van der Waals surface area contributed by atoms with Crippen LogP contribution in [-0.4, -0.2) is 38.6 Å². The molecule has 0 spiro atoms. The molecule has 2 atom stereocenters. The number of ether oxygens (including phenoxy) is 1. The summed E-state index contributed by atoms with van der Waals surface area (Å²) in [5.41, 5.74) is 2.57. The number of hydrogen-bond donors (Lipinski definition) is 1. The van der Waals surface area contributed by atoms with Gasteiger partial charge in [-0.25, -0.2) is 4.68 Å². The molecule has 2 aliphatic rings. The summed E-state index contributed by atoms with van der Waals surface area (Å²) >= 11 is 1.52. The van der Waals surface area contributed by atoms with Gasteiger partial charge in [0, 0.05) is 24.3 Å². The monoisotopic (exact) mass is 416 g/mol. The Hall–Kier alpha value is -2.39. The maximum atomic E-state index is 12.5. The summed E-state index contributed by atoms with van der Waals surface area (Å²) in [4.78, 5) is 23.0. The van der Waals surface area contributed by atoms with Crippen LogP contribution in [0.4, 0.5) is 11.5 Å². The van der Waals surface area contributed by atoms with Gasteiger partial charge in [0.1, 0.15) is 5.82 Å². The van der Waals surface area contributed by atoms with E-state index in [0.29, 0.717) is 12.4 Å². The number of aryl methyl sites for hydroxylation is 1. The number of hydrogen-bond acceptors (Lipinski definition) is 6. The number of benzene rings is 1. The van der Waals surface area contributed by atoms with Crippen LogP contribution in [0.5, 0.6) is 0 Å². The second-order valence-corrected chi connectivity index (χ2v) is 9.23. The molecule has 2 aromatic rings. The van der Waals surface area contributed by atoms with Crippen LogP contribution < -0.4 is 5.32 Å². The lowest BCUT2D eigenvalue weighted by Crippen LogP contribution is -2.36. The minimum atomic E-state index is -0.406. The van der Waals surface area contributed by atoms with E-state index < -0.39 is 4.92 Å². The molecule has 1 aromatic heterocycles. The van der Waals surface area contributed by atoms with Gasteiger partial charge >= 0.3 is 0 Å². The molecule has 0 unspecified atom stereocenters. The first-order valence-corrected chi connectivity index (χ1v) is 10.7. The maximum absolute atomic E-state index is 12.5. The fourth-order valence-corrected chi connectivity index (χ4v) is 5.30. The topological polar surface area (TPSA) is 99.3 Å². The third kappa shape index (κ3) is 3.89. The van der Waals surface area contributed by atoms with Crippen molar-refractivity contribution in [1.29, 1.82) is 0 Å². The number of carbonyl (C=O) groups is 1. The molecule has 3 heterocycles. The predicted octanol–water partition coefficient (Wildman–Crippen LogP) is 4.00. The number of nitro benzene ring substituents is 1. The van der Waals surface area contributed by atoms with Crippen molar-refractivity contribution in [3.8, 4) is 0 Å². The number of fused-ring (bicyclic) bond motifs is 1. The number of nitro groups is 1. The number of thioether (sulfide) groups is 1. The van der Waals surface area contributed by atoms with Crippen LogP contribution in [0.15, 0.2) is 24.3 Å². The number of rotatable bonds is 3. The zero-order chi connectivity index (χ0) is 20.8. The Morgan fingerprint density at radius 1 is 1.34 bits per heavy atom. The summed E-state index contributed by atoms with van der Waals surface area (Å²) in [6, 6.07) is 6.70. The molecule has 9 heteroatoms. The van der Waals surface area contributed by atoms with E-state index in [1.54, 1.807) is 12.1 Å². The van der Waals surface area contributed by atoms with Gasteiger partial charge in [-0.1, -0.05) is 12.1 Å². The highest BCUT2D eigenvalue weighted by Crippen LogP contribution is 2.45. The number of non-ortho nitro benzene ring substituents is 1. The van der Waals surface area contributed by atoms with Crippen LogP contribution >= 0.6 is 11.8 Å². The van der Waals surface area contributed by atoms with E-state index in [1.807, 2.05) is 11.6 Å². The van der Waals surface area contributed by atoms with E-state index >= 15 is 0 Å². The summed E-state index contributed by atoms with van der Waals surface area (Å²) < 4.78 is 7.80. The molecule has 1 aromatic carbocycles. The molecule has 1 N–H and O–H groups in total. The summed E-state index contributed by atoms with van der Waals surface area (Å²) in [6.07, 6.45) is 1.65. The molecule has 4 rings (SSSR count). The lowest BCUT2D eigenvalue weighted by atomic mass is 9.94. The molecule has 0 radical (unpaired) electrons. The maximum Gasteiger partial charge on any atom is 0.269 e. The molecule has 0 saturated carbocycles. The standard InChI is InChI=1S/C20H24N4O4S/c1-12-17-18(13-4-6-14(7-5-13)24(26)27)29-11-16(25)21-19(17)23(22-12)15-8-9-28-20(2,3)10-15/h4-7,15,18H,8-11H2,1-3H3,(H,21,25)/t15-,18+/m1/s1. The number of aromatic nitrogens is 2. The first-order chi connectivity index (χ1) is 13.7. The van der Waals surface area contributed by atoms with E-state index in [1.165, 1.54) is 23.9 Å². The Kier molecular flexibility index (Phi) is 5.12. The predicted molar refractivity (Wildman–Crippen MR) is 111 cm³/mol. The van der Waals surface area contributed by atoms with Gasteiger partial charge in [-0.3, -0.25) is 14.9 Å². The van der Waals surface area contributed by atoms with E-state index in [2.05, 4.69) is 19.2 Å². The van der Waals surface area contributed by atoms with Gasteiger partial charge in [-0.15, -0.1) is 11.8 Å². The average molecular weight is 417 g/mol. The third-order valence-electron chi connectivity index (χ3n) is 5.46. The number of carbonyl (C=O) groups excluding carboxylic acids is 1. The number of nitrogens with zero attached hydrogens (tertiary/aromatic N) is 3. The molecule has 29 heavy (non-hydrogen) atoms. The molecule has 2 aliphatic heterocycles. The Labute approximate surface area is 173 Å². The Morgan fingerprint density at radius 3 is 2.72 bits per heavy atom. The highest BCUT2D eigenvalue weighted by molar-refractivity contribution is 8.00. The Morgan fingerprint density at radius 2 is 2.07 bits per heavy atom. The second kappa shape index (κ2) is 7.46. The molecule has 154 valence electrons. The number of nitrogens with one attached hydrogen (secondary N) is 1. The van der Waals surface area contributed by atoms with Crippen LogP contribution in [-0.2, 0) is 9.53 Å². The first-order valence-electron chi connectivity index (χ1n) is 9.64. The van der Waals surface area contributed by atoms with Crippen molar-refractivity contribution < 1.29 is 14.5 Å². The van der Waals surface area contributed by atoms with E-state index in [9.17, 15) is 14.9 Å². The van der Waals surface area contributed by atoms with Crippen LogP contribution in [0.25, 0.3) is 0 Å². The SMILES string of the molecule is Cc1nn([C@@H]2CCOC(C)(C)C2)c2c1[C@H](c1ccc([N+](=O)[O-])cc1)SCC(=O)N2. The lowest BCUT2D eigenvalue weighted by molar-refractivity contribution is -0.384. The Balaban J connectivity index is 1.76. The van der Waals surface area contributed by atoms with Crippen molar-refractivity contribution in [2.75, 3.05) is 17.7 Å².